The van der Waals surface area contributed by atoms with Crippen LogP contribution in [0.5, 0.6) is 0 Å². The summed E-state index contributed by atoms with van der Waals surface area (Å²) in [7, 11) is 1.93. The molecular weight excluding hydrogens is 246 g/mol. The highest BCUT2D eigenvalue weighted by Crippen LogP contribution is 2.17. The number of aliphatic hydroxyl groups is 1. The number of aryl methyl sites for hydroxylation is 3. The SMILES string of the molecule is Cc1nc(CC(O)Cc2c(C)nn(C)c2C)cs1. The maximum Gasteiger partial charge on any atom is 0.0897 e. The first-order valence-electron chi connectivity index (χ1n) is 6.05. The molecule has 5 heteroatoms. The Morgan fingerprint density at radius 1 is 1.33 bits per heavy atom. The van der Waals surface area contributed by atoms with Crippen molar-refractivity contribution in [3.8, 4) is 0 Å². The van der Waals surface area contributed by atoms with Crippen LogP contribution in [0.1, 0.15) is 27.7 Å². The summed E-state index contributed by atoms with van der Waals surface area (Å²) in [6.45, 7) is 6.01. The van der Waals surface area contributed by atoms with Crippen molar-refractivity contribution >= 4 is 11.3 Å². The molecule has 2 heterocycles. The van der Waals surface area contributed by atoms with E-state index in [0.717, 1.165) is 27.7 Å². The van der Waals surface area contributed by atoms with Crippen LogP contribution in [0.25, 0.3) is 0 Å². The van der Waals surface area contributed by atoms with E-state index >= 15 is 0 Å². The Morgan fingerprint density at radius 3 is 2.56 bits per heavy atom. The second-order valence-electron chi connectivity index (χ2n) is 4.69. The third-order valence-electron chi connectivity index (χ3n) is 3.21. The molecular formula is C13H19N3OS. The lowest BCUT2D eigenvalue weighted by molar-refractivity contribution is 0.174. The highest BCUT2D eigenvalue weighted by atomic mass is 32.1. The quantitative estimate of drug-likeness (QED) is 0.919. The first-order valence-corrected chi connectivity index (χ1v) is 6.93. The predicted molar refractivity (Wildman–Crippen MR) is 72.9 cm³/mol. The van der Waals surface area contributed by atoms with E-state index in [1.807, 2.05) is 37.9 Å². The van der Waals surface area contributed by atoms with E-state index < -0.39 is 6.10 Å². The molecule has 2 rings (SSSR count). The molecule has 0 saturated carbocycles. The van der Waals surface area contributed by atoms with Crippen LogP contribution in [-0.2, 0) is 19.9 Å². The van der Waals surface area contributed by atoms with E-state index in [2.05, 4.69) is 10.1 Å². The number of nitrogens with zero attached hydrogens (tertiary/aromatic N) is 3. The topological polar surface area (TPSA) is 50.9 Å². The molecule has 1 unspecified atom stereocenters. The van der Waals surface area contributed by atoms with Gasteiger partial charge in [0.05, 0.1) is 22.5 Å². The van der Waals surface area contributed by atoms with Crippen LogP contribution in [0.3, 0.4) is 0 Å². The zero-order valence-electron chi connectivity index (χ0n) is 11.3. The molecule has 0 bridgehead atoms. The van der Waals surface area contributed by atoms with Crippen molar-refractivity contribution in [3.05, 3.63) is 33.0 Å². The average molecular weight is 265 g/mol. The van der Waals surface area contributed by atoms with Gasteiger partial charge in [-0.2, -0.15) is 5.10 Å². The molecule has 98 valence electrons. The number of hydrogen-bond donors (Lipinski definition) is 1. The van der Waals surface area contributed by atoms with Gasteiger partial charge in [-0.1, -0.05) is 0 Å². The van der Waals surface area contributed by atoms with Crippen LogP contribution in [0, 0.1) is 20.8 Å². The molecule has 0 radical (unpaired) electrons. The fourth-order valence-corrected chi connectivity index (χ4v) is 2.79. The third-order valence-corrected chi connectivity index (χ3v) is 4.03. The van der Waals surface area contributed by atoms with Crippen LogP contribution in [-0.4, -0.2) is 26.0 Å². The van der Waals surface area contributed by atoms with E-state index in [-0.39, 0.29) is 0 Å². The Kier molecular flexibility index (Phi) is 3.82. The summed E-state index contributed by atoms with van der Waals surface area (Å²) in [5, 5.41) is 17.6. The van der Waals surface area contributed by atoms with Crippen molar-refractivity contribution < 1.29 is 5.11 Å². The molecule has 0 aliphatic rings. The fourth-order valence-electron chi connectivity index (χ4n) is 2.16. The summed E-state index contributed by atoms with van der Waals surface area (Å²) >= 11 is 1.62. The molecule has 0 saturated heterocycles. The van der Waals surface area contributed by atoms with Gasteiger partial charge in [0, 0.05) is 31.0 Å². The molecule has 0 amide bonds. The van der Waals surface area contributed by atoms with Crippen molar-refractivity contribution in [2.45, 2.75) is 39.7 Å². The molecule has 0 spiro atoms. The van der Waals surface area contributed by atoms with Crippen molar-refractivity contribution in [2.24, 2.45) is 7.05 Å². The van der Waals surface area contributed by atoms with Gasteiger partial charge < -0.3 is 5.11 Å². The highest BCUT2D eigenvalue weighted by Gasteiger charge is 2.15. The van der Waals surface area contributed by atoms with E-state index in [0.29, 0.717) is 12.8 Å². The zero-order valence-corrected chi connectivity index (χ0v) is 12.1. The zero-order chi connectivity index (χ0) is 13.3. The second-order valence-corrected chi connectivity index (χ2v) is 5.76. The van der Waals surface area contributed by atoms with Crippen molar-refractivity contribution in [1.29, 1.82) is 0 Å². The van der Waals surface area contributed by atoms with Gasteiger partial charge in [-0.15, -0.1) is 11.3 Å². The van der Waals surface area contributed by atoms with Gasteiger partial charge in [0.25, 0.3) is 0 Å². The predicted octanol–water partition coefficient (Wildman–Crippen LogP) is 1.95. The Labute approximate surface area is 111 Å². The van der Waals surface area contributed by atoms with E-state index in [1.54, 1.807) is 11.3 Å². The van der Waals surface area contributed by atoms with Gasteiger partial charge in [-0.25, -0.2) is 4.98 Å². The second kappa shape index (κ2) is 5.20. The minimum Gasteiger partial charge on any atom is -0.392 e. The van der Waals surface area contributed by atoms with E-state index in [1.165, 1.54) is 0 Å². The standard InChI is InChI=1S/C13H19N3OS/c1-8-13(9(2)16(4)15-8)6-12(17)5-11-7-18-10(3)14-11/h7,12,17H,5-6H2,1-4H3. The third kappa shape index (κ3) is 2.79. The van der Waals surface area contributed by atoms with Gasteiger partial charge >= 0.3 is 0 Å². The Bertz CT molecular complexity index is 544. The number of thiazole rings is 1. The molecule has 0 aromatic carbocycles. The smallest absolute Gasteiger partial charge is 0.0897 e. The number of aromatic nitrogens is 3. The average Bonchev–Trinajstić information content (AvgIpc) is 2.78. The Hall–Kier alpha value is -1.20. The summed E-state index contributed by atoms with van der Waals surface area (Å²) in [5.41, 5.74) is 4.26. The molecule has 2 aromatic rings. The monoisotopic (exact) mass is 265 g/mol. The number of hydrogen-bond acceptors (Lipinski definition) is 4. The van der Waals surface area contributed by atoms with E-state index in [4.69, 9.17) is 0 Å². The Balaban J connectivity index is 2.05. The van der Waals surface area contributed by atoms with Crippen LogP contribution in [0.15, 0.2) is 5.38 Å². The summed E-state index contributed by atoms with van der Waals surface area (Å²) in [6.07, 6.45) is 0.855. The normalized spacial score (nSPS) is 12.9. The van der Waals surface area contributed by atoms with Crippen molar-refractivity contribution in [1.82, 2.24) is 14.8 Å². The van der Waals surface area contributed by atoms with Crippen LogP contribution in [0.4, 0.5) is 0 Å². The van der Waals surface area contributed by atoms with Gasteiger partial charge in [0.2, 0.25) is 0 Å². The minimum atomic E-state index is -0.395. The van der Waals surface area contributed by atoms with Gasteiger partial charge in [0.15, 0.2) is 0 Å². The molecule has 4 nitrogen and oxygen atoms in total. The summed E-state index contributed by atoms with van der Waals surface area (Å²) in [5.74, 6) is 0. The summed E-state index contributed by atoms with van der Waals surface area (Å²) in [4.78, 5) is 4.38. The maximum absolute atomic E-state index is 10.2. The molecule has 2 aromatic heterocycles. The summed E-state index contributed by atoms with van der Waals surface area (Å²) < 4.78 is 1.87. The fraction of sp³-hybridized carbons (Fsp3) is 0.538. The first-order chi connectivity index (χ1) is 8.47. The minimum absolute atomic E-state index is 0.395. The largest absolute Gasteiger partial charge is 0.392 e. The van der Waals surface area contributed by atoms with E-state index in [9.17, 15) is 5.11 Å². The lowest BCUT2D eigenvalue weighted by atomic mass is 10.0. The van der Waals surface area contributed by atoms with Crippen molar-refractivity contribution in [2.75, 3.05) is 0 Å². The molecule has 1 N–H and O–H groups in total. The highest BCUT2D eigenvalue weighted by molar-refractivity contribution is 7.09. The van der Waals surface area contributed by atoms with Gasteiger partial charge in [-0.05, 0) is 26.3 Å². The summed E-state index contributed by atoms with van der Waals surface area (Å²) in [6, 6.07) is 0. The number of rotatable bonds is 4. The molecule has 0 aliphatic heterocycles. The van der Waals surface area contributed by atoms with Crippen LogP contribution >= 0.6 is 11.3 Å². The molecule has 0 fully saturated rings. The number of aliphatic hydroxyl groups excluding tert-OH is 1. The lowest BCUT2D eigenvalue weighted by Crippen LogP contribution is -2.15. The maximum atomic E-state index is 10.2. The molecule has 1 atom stereocenters. The van der Waals surface area contributed by atoms with Gasteiger partial charge in [0.1, 0.15) is 0 Å². The first kappa shape index (κ1) is 13.2. The Morgan fingerprint density at radius 2 is 2.06 bits per heavy atom. The molecule has 0 aliphatic carbocycles. The van der Waals surface area contributed by atoms with Crippen LogP contribution in [0.2, 0.25) is 0 Å². The van der Waals surface area contributed by atoms with Gasteiger partial charge in [-0.3, -0.25) is 4.68 Å². The van der Waals surface area contributed by atoms with Crippen molar-refractivity contribution in [3.63, 3.8) is 0 Å². The van der Waals surface area contributed by atoms with Crippen LogP contribution < -0.4 is 0 Å². The lowest BCUT2D eigenvalue weighted by Gasteiger charge is -2.09. The molecule has 18 heavy (non-hydrogen) atoms.